The summed E-state index contributed by atoms with van der Waals surface area (Å²) >= 11 is 3.35. The molecule has 89 valence electrons. The molecule has 1 aliphatic rings. The van der Waals surface area contributed by atoms with Gasteiger partial charge in [-0.25, -0.2) is 0 Å². The van der Waals surface area contributed by atoms with Gasteiger partial charge in [0.1, 0.15) is 0 Å². The van der Waals surface area contributed by atoms with Gasteiger partial charge in [-0.3, -0.25) is 0 Å². The van der Waals surface area contributed by atoms with E-state index >= 15 is 0 Å². The van der Waals surface area contributed by atoms with Crippen molar-refractivity contribution < 1.29 is 0 Å². The molecular weight excluding hydrogens is 271 g/mol. The second-order valence-electron chi connectivity index (χ2n) is 6.20. The van der Waals surface area contributed by atoms with Crippen LogP contribution in [-0.4, -0.2) is 16.0 Å². The molecule has 0 aliphatic heterocycles. The van der Waals surface area contributed by atoms with Gasteiger partial charge in [0.05, 0.1) is 0 Å². The zero-order valence-electron chi connectivity index (χ0n) is 11.0. The Kier molecular flexibility index (Phi) is 2.93. The predicted octanol–water partition coefficient (Wildman–Crippen LogP) is 3.58. The first kappa shape index (κ1) is 12.7. The molecule has 0 nitrogen and oxygen atoms in total. The number of hydrogen-bond acceptors (Lipinski definition) is 0. The average molecular weight is 290 g/mol. The molecule has 0 saturated carbocycles. The Morgan fingerprint density at radius 1 is 1.24 bits per heavy atom. The SMILES string of the molecule is C#Cc1ccc2c(c1)C(C)(C)CC([Se])C2(C)C. The summed E-state index contributed by atoms with van der Waals surface area (Å²) in [5.74, 6) is 2.75. The van der Waals surface area contributed by atoms with E-state index in [1.165, 1.54) is 17.5 Å². The maximum absolute atomic E-state index is 5.51. The Labute approximate surface area is 113 Å². The van der Waals surface area contributed by atoms with Crippen LogP contribution in [0.15, 0.2) is 18.2 Å². The first-order valence-corrected chi connectivity index (χ1v) is 7.05. The molecule has 1 aromatic rings. The van der Waals surface area contributed by atoms with Crippen LogP contribution in [0.25, 0.3) is 0 Å². The molecule has 1 atom stereocenters. The van der Waals surface area contributed by atoms with Crippen LogP contribution in [-0.2, 0) is 10.8 Å². The summed E-state index contributed by atoms with van der Waals surface area (Å²) < 4.78 is 0. The van der Waals surface area contributed by atoms with Crippen LogP contribution < -0.4 is 0 Å². The normalized spacial score (nSPS) is 24.8. The van der Waals surface area contributed by atoms with Crippen molar-refractivity contribution in [1.82, 2.24) is 0 Å². The summed E-state index contributed by atoms with van der Waals surface area (Å²) in [5.41, 5.74) is 4.25. The molecule has 1 radical (unpaired) electrons. The minimum atomic E-state index is 0.192. The number of rotatable bonds is 0. The van der Waals surface area contributed by atoms with E-state index in [-0.39, 0.29) is 10.8 Å². The monoisotopic (exact) mass is 291 g/mol. The standard InChI is InChI=1S/C16H19Se/c1-6-11-7-8-12-13(9-11)15(2,3)10-14(17)16(12,4)5/h1,7-9,14H,10H2,2-5H3. The van der Waals surface area contributed by atoms with Gasteiger partial charge in [0.25, 0.3) is 0 Å². The van der Waals surface area contributed by atoms with Crippen molar-refractivity contribution >= 4 is 16.0 Å². The van der Waals surface area contributed by atoms with Crippen molar-refractivity contribution in [2.24, 2.45) is 0 Å². The summed E-state index contributed by atoms with van der Waals surface area (Å²) in [6.07, 6.45) is 6.68. The fraction of sp³-hybridized carbons (Fsp3) is 0.500. The van der Waals surface area contributed by atoms with Gasteiger partial charge in [-0.2, -0.15) is 0 Å². The van der Waals surface area contributed by atoms with Crippen LogP contribution in [0, 0.1) is 12.3 Å². The van der Waals surface area contributed by atoms with Crippen LogP contribution in [0.4, 0.5) is 0 Å². The molecule has 0 saturated heterocycles. The summed E-state index contributed by atoms with van der Waals surface area (Å²) in [6, 6.07) is 6.48. The molecule has 0 bridgehead atoms. The summed E-state index contributed by atoms with van der Waals surface area (Å²) in [6.45, 7) is 9.26. The quantitative estimate of drug-likeness (QED) is 0.506. The zero-order chi connectivity index (χ0) is 12.8. The molecular formula is C16H19Se. The first-order chi connectivity index (χ1) is 7.79. The molecule has 2 rings (SSSR count). The van der Waals surface area contributed by atoms with E-state index in [1.807, 2.05) is 0 Å². The van der Waals surface area contributed by atoms with Gasteiger partial charge in [0.2, 0.25) is 0 Å². The van der Waals surface area contributed by atoms with Crippen LogP contribution in [0.5, 0.6) is 0 Å². The summed E-state index contributed by atoms with van der Waals surface area (Å²) in [7, 11) is 0. The van der Waals surface area contributed by atoms with Crippen molar-refractivity contribution in [3.8, 4) is 12.3 Å². The van der Waals surface area contributed by atoms with E-state index in [2.05, 4.69) is 67.8 Å². The fourth-order valence-electron chi connectivity index (χ4n) is 2.76. The fourth-order valence-corrected chi connectivity index (χ4v) is 3.90. The Morgan fingerprint density at radius 2 is 1.88 bits per heavy atom. The topological polar surface area (TPSA) is 0 Å². The van der Waals surface area contributed by atoms with Gasteiger partial charge in [-0.05, 0) is 0 Å². The Hall–Kier alpha value is -0.701. The second-order valence-corrected chi connectivity index (χ2v) is 7.40. The van der Waals surface area contributed by atoms with Gasteiger partial charge < -0.3 is 0 Å². The minimum absolute atomic E-state index is 0.192. The van der Waals surface area contributed by atoms with Crippen molar-refractivity contribution in [3.05, 3.63) is 34.9 Å². The molecule has 1 aromatic carbocycles. The third-order valence-electron chi connectivity index (χ3n) is 4.11. The van der Waals surface area contributed by atoms with Gasteiger partial charge in [0.15, 0.2) is 0 Å². The van der Waals surface area contributed by atoms with Crippen LogP contribution in [0.3, 0.4) is 0 Å². The molecule has 0 aromatic heterocycles. The Bertz CT molecular complexity index is 489. The van der Waals surface area contributed by atoms with Crippen molar-refractivity contribution in [2.45, 2.75) is 49.8 Å². The summed E-state index contributed by atoms with van der Waals surface area (Å²) in [4.78, 5) is 0.571. The van der Waals surface area contributed by atoms with E-state index in [4.69, 9.17) is 6.42 Å². The van der Waals surface area contributed by atoms with E-state index in [1.54, 1.807) is 0 Å². The molecule has 0 amide bonds. The van der Waals surface area contributed by atoms with Gasteiger partial charge >= 0.3 is 113 Å². The van der Waals surface area contributed by atoms with Crippen LogP contribution >= 0.6 is 0 Å². The third kappa shape index (κ3) is 1.95. The number of benzene rings is 1. The van der Waals surface area contributed by atoms with Crippen molar-refractivity contribution in [1.29, 1.82) is 0 Å². The molecule has 17 heavy (non-hydrogen) atoms. The first-order valence-electron chi connectivity index (χ1n) is 6.06. The van der Waals surface area contributed by atoms with Crippen LogP contribution in [0.1, 0.15) is 50.8 Å². The molecule has 0 N–H and O–H groups in total. The number of fused-ring (bicyclic) bond motifs is 1. The second kappa shape index (κ2) is 3.91. The average Bonchev–Trinajstić information content (AvgIpc) is 2.26. The molecule has 0 spiro atoms. The van der Waals surface area contributed by atoms with E-state index in [0.717, 1.165) is 5.56 Å². The molecule has 0 heterocycles. The predicted molar refractivity (Wildman–Crippen MR) is 74.6 cm³/mol. The Balaban J connectivity index is 2.69. The maximum atomic E-state index is 5.51. The molecule has 1 aliphatic carbocycles. The van der Waals surface area contributed by atoms with E-state index in [0.29, 0.717) is 4.82 Å². The number of hydrogen-bond donors (Lipinski definition) is 0. The molecule has 0 fully saturated rings. The molecule has 1 unspecified atom stereocenters. The van der Waals surface area contributed by atoms with Gasteiger partial charge in [0, 0.05) is 0 Å². The van der Waals surface area contributed by atoms with Gasteiger partial charge in [-0.15, -0.1) is 0 Å². The van der Waals surface area contributed by atoms with E-state index in [9.17, 15) is 0 Å². The molecule has 1 heteroatoms. The third-order valence-corrected chi connectivity index (χ3v) is 5.70. The van der Waals surface area contributed by atoms with Crippen molar-refractivity contribution in [3.63, 3.8) is 0 Å². The van der Waals surface area contributed by atoms with Crippen LogP contribution in [0.2, 0.25) is 4.82 Å². The summed E-state index contributed by atoms with van der Waals surface area (Å²) in [5, 5.41) is 0. The van der Waals surface area contributed by atoms with Gasteiger partial charge in [-0.1, -0.05) is 0 Å². The van der Waals surface area contributed by atoms with E-state index < -0.39 is 0 Å². The van der Waals surface area contributed by atoms with Crippen molar-refractivity contribution in [2.75, 3.05) is 0 Å². The Morgan fingerprint density at radius 3 is 2.47 bits per heavy atom. The zero-order valence-corrected chi connectivity index (χ0v) is 12.7. The number of terminal acetylenes is 1.